The molecule has 0 saturated heterocycles. The molecule has 2 heteroatoms. The second kappa shape index (κ2) is 7.06. The first-order chi connectivity index (χ1) is 14.2. The minimum atomic E-state index is 0.0550. The zero-order valence-electron chi connectivity index (χ0n) is 16.2. The van der Waals surface area contributed by atoms with Gasteiger partial charge < -0.3 is 4.74 Å². The van der Waals surface area contributed by atoms with Crippen molar-refractivity contribution >= 4 is 16.9 Å². The van der Waals surface area contributed by atoms with Crippen molar-refractivity contribution < 1.29 is 9.53 Å². The Morgan fingerprint density at radius 1 is 0.828 bits per heavy atom. The van der Waals surface area contributed by atoms with Crippen LogP contribution in [0.2, 0.25) is 0 Å². The summed E-state index contributed by atoms with van der Waals surface area (Å²) < 4.78 is 6.01. The average Bonchev–Trinajstić information content (AvgIpc) is 2.79. The maximum Gasteiger partial charge on any atom is 0.194 e. The predicted molar refractivity (Wildman–Crippen MR) is 117 cm³/mol. The number of fused-ring (bicyclic) bond motifs is 4. The molecule has 0 bridgehead atoms. The molecule has 0 unspecified atom stereocenters. The molecule has 29 heavy (non-hydrogen) atoms. The van der Waals surface area contributed by atoms with Crippen molar-refractivity contribution in [1.29, 1.82) is 0 Å². The van der Waals surface area contributed by atoms with Gasteiger partial charge in [-0.1, -0.05) is 84.9 Å². The van der Waals surface area contributed by atoms with Crippen LogP contribution in [0.3, 0.4) is 0 Å². The summed E-state index contributed by atoms with van der Waals surface area (Å²) in [6.07, 6.45) is 3.98. The number of hydrogen-bond acceptors (Lipinski definition) is 2. The Kier molecular flexibility index (Phi) is 4.25. The molecule has 0 atom stereocenters. The van der Waals surface area contributed by atoms with Crippen LogP contribution < -0.4 is 4.74 Å². The Morgan fingerprint density at radius 3 is 2.28 bits per heavy atom. The standard InChI is InChI=1S/C27H20O2/c1-18(19-9-3-2-4-10-19)15-16-22-24-17-29-25-14-8-7-13-23(25)26(24)20-11-5-6-12-21(20)27(22)28/h2-16H,17H2,1H3/b18-15-,22-16-. The Morgan fingerprint density at radius 2 is 1.48 bits per heavy atom. The number of ether oxygens (including phenoxy) is 1. The number of Topliss-reactive ketones (excluding diaryl/α,β-unsaturated/α-hetero) is 1. The van der Waals surface area contributed by atoms with Crippen molar-refractivity contribution in [3.05, 3.63) is 124 Å². The molecule has 1 aliphatic carbocycles. The van der Waals surface area contributed by atoms with Crippen LogP contribution in [-0.4, -0.2) is 12.4 Å². The van der Waals surface area contributed by atoms with Crippen LogP contribution in [0.4, 0.5) is 0 Å². The molecule has 1 heterocycles. The van der Waals surface area contributed by atoms with Crippen molar-refractivity contribution in [2.45, 2.75) is 6.92 Å². The number of rotatable bonds is 2. The highest BCUT2D eigenvalue weighted by molar-refractivity contribution is 6.20. The normalized spacial score (nSPS) is 16.8. The average molecular weight is 376 g/mol. The first kappa shape index (κ1) is 17.4. The van der Waals surface area contributed by atoms with Crippen molar-refractivity contribution in [1.82, 2.24) is 0 Å². The van der Waals surface area contributed by atoms with Gasteiger partial charge in [-0.2, -0.15) is 0 Å². The molecule has 0 saturated carbocycles. The molecule has 2 nitrogen and oxygen atoms in total. The second-order valence-electron chi connectivity index (χ2n) is 7.31. The molecule has 0 N–H and O–H groups in total. The van der Waals surface area contributed by atoms with E-state index in [4.69, 9.17) is 4.74 Å². The minimum Gasteiger partial charge on any atom is -0.488 e. The highest BCUT2D eigenvalue weighted by atomic mass is 16.5. The minimum absolute atomic E-state index is 0.0550. The van der Waals surface area contributed by atoms with Gasteiger partial charge in [0.2, 0.25) is 0 Å². The van der Waals surface area contributed by atoms with Crippen LogP contribution in [0, 0.1) is 0 Å². The summed E-state index contributed by atoms with van der Waals surface area (Å²) >= 11 is 0. The van der Waals surface area contributed by atoms with Crippen molar-refractivity contribution in [3.8, 4) is 5.75 Å². The van der Waals surface area contributed by atoms with E-state index in [0.29, 0.717) is 12.2 Å². The smallest absolute Gasteiger partial charge is 0.194 e. The van der Waals surface area contributed by atoms with Gasteiger partial charge in [0.05, 0.1) is 0 Å². The van der Waals surface area contributed by atoms with E-state index in [-0.39, 0.29) is 5.78 Å². The van der Waals surface area contributed by atoms with Gasteiger partial charge in [-0.05, 0) is 29.7 Å². The van der Waals surface area contributed by atoms with E-state index >= 15 is 0 Å². The first-order valence-electron chi connectivity index (χ1n) is 9.78. The molecule has 0 fully saturated rings. The quantitative estimate of drug-likeness (QED) is 0.505. The maximum absolute atomic E-state index is 13.3. The molecule has 0 spiro atoms. The van der Waals surface area contributed by atoms with E-state index < -0.39 is 0 Å². The van der Waals surface area contributed by atoms with E-state index in [9.17, 15) is 4.79 Å². The van der Waals surface area contributed by atoms with Crippen LogP contribution in [0.1, 0.15) is 34.0 Å². The Labute approximate surface area is 170 Å². The van der Waals surface area contributed by atoms with E-state index in [1.807, 2.05) is 72.8 Å². The molecule has 1 aliphatic heterocycles. The third-order valence-corrected chi connectivity index (χ3v) is 5.57. The number of carbonyl (C=O) groups is 1. The molecule has 5 rings (SSSR count). The fourth-order valence-corrected chi connectivity index (χ4v) is 4.07. The molecule has 0 aromatic heterocycles. The Bertz CT molecular complexity index is 1210. The van der Waals surface area contributed by atoms with Gasteiger partial charge in [0.1, 0.15) is 12.4 Å². The van der Waals surface area contributed by atoms with Crippen LogP contribution in [0.25, 0.3) is 11.1 Å². The number of allylic oxidation sites excluding steroid dienone is 3. The monoisotopic (exact) mass is 376 g/mol. The zero-order chi connectivity index (χ0) is 19.8. The molecular weight excluding hydrogens is 356 g/mol. The predicted octanol–water partition coefficient (Wildman–Crippen LogP) is 6.11. The van der Waals surface area contributed by atoms with Gasteiger partial charge >= 0.3 is 0 Å². The maximum atomic E-state index is 13.3. The van der Waals surface area contributed by atoms with Gasteiger partial charge in [0, 0.05) is 27.8 Å². The summed E-state index contributed by atoms with van der Waals surface area (Å²) in [5.74, 6) is 0.921. The Balaban J connectivity index is 1.70. The zero-order valence-corrected chi connectivity index (χ0v) is 16.2. The highest BCUT2D eigenvalue weighted by Gasteiger charge is 2.33. The lowest BCUT2D eigenvalue weighted by atomic mass is 9.77. The number of para-hydroxylation sites is 1. The lowest BCUT2D eigenvalue weighted by molar-refractivity contribution is 0.103. The third-order valence-electron chi connectivity index (χ3n) is 5.57. The SMILES string of the molecule is C/C(=C/C=C1\C(=O)c2ccccc2C2=C1COc1ccccc12)c1ccccc1. The molecule has 2 aliphatic rings. The van der Waals surface area contributed by atoms with Gasteiger partial charge in [0.25, 0.3) is 0 Å². The van der Waals surface area contributed by atoms with E-state index in [1.54, 1.807) is 0 Å². The lowest BCUT2D eigenvalue weighted by Crippen LogP contribution is -2.23. The van der Waals surface area contributed by atoms with Crippen molar-refractivity contribution in [2.24, 2.45) is 0 Å². The van der Waals surface area contributed by atoms with Crippen molar-refractivity contribution in [2.75, 3.05) is 6.61 Å². The number of ketones is 1. The van der Waals surface area contributed by atoms with E-state index in [0.717, 1.165) is 44.7 Å². The third kappa shape index (κ3) is 2.94. The molecule has 0 radical (unpaired) electrons. The van der Waals surface area contributed by atoms with Gasteiger partial charge in [0.15, 0.2) is 5.78 Å². The van der Waals surface area contributed by atoms with Crippen LogP contribution >= 0.6 is 0 Å². The summed E-state index contributed by atoms with van der Waals surface area (Å²) in [5, 5.41) is 0. The van der Waals surface area contributed by atoms with Gasteiger partial charge in [-0.25, -0.2) is 0 Å². The summed E-state index contributed by atoms with van der Waals surface area (Å²) in [6.45, 7) is 2.46. The molecule has 0 amide bonds. The Hall–Kier alpha value is -3.65. The van der Waals surface area contributed by atoms with Gasteiger partial charge in [-0.3, -0.25) is 4.79 Å². The first-order valence-corrected chi connectivity index (χ1v) is 9.78. The van der Waals surface area contributed by atoms with Crippen molar-refractivity contribution in [3.63, 3.8) is 0 Å². The molecule has 140 valence electrons. The van der Waals surface area contributed by atoms with E-state index in [2.05, 4.69) is 25.1 Å². The summed E-state index contributed by atoms with van der Waals surface area (Å²) in [6, 6.07) is 26.1. The van der Waals surface area contributed by atoms with E-state index in [1.165, 1.54) is 0 Å². The van der Waals surface area contributed by atoms with Crippen LogP contribution in [0.15, 0.2) is 102 Å². The lowest BCUT2D eigenvalue weighted by Gasteiger charge is -2.30. The summed E-state index contributed by atoms with van der Waals surface area (Å²) in [4.78, 5) is 13.3. The molecule has 3 aromatic carbocycles. The van der Waals surface area contributed by atoms with Gasteiger partial charge in [-0.15, -0.1) is 0 Å². The van der Waals surface area contributed by atoms with Crippen LogP contribution in [-0.2, 0) is 0 Å². The fourth-order valence-electron chi connectivity index (χ4n) is 4.07. The largest absolute Gasteiger partial charge is 0.488 e. The fraction of sp³-hybridized carbons (Fsp3) is 0.0741. The number of benzene rings is 3. The highest BCUT2D eigenvalue weighted by Crippen LogP contribution is 2.44. The number of hydrogen-bond donors (Lipinski definition) is 0. The summed E-state index contributed by atoms with van der Waals surface area (Å²) in [5.41, 5.74) is 7.83. The molecule has 3 aromatic rings. The summed E-state index contributed by atoms with van der Waals surface area (Å²) in [7, 11) is 0. The second-order valence-corrected chi connectivity index (χ2v) is 7.31. The molecular formula is C27H20O2. The topological polar surface area (TPSA) is 26.3 Å². The number of carbonyl (C=O) groups excluding carboxylic acids is 1. The van der Waals surface area contributed by atoms with Crippen LogP contribution in [0.5, 0.6) is 5.75 Å².